The smallest absolute Gasteiger partial charge is 0.224 e. The van der Waals surface area contributed by atoms with Crippen LogP contribution in [-0.4, -0.2) is 41.5 Å². The van der Waals surface area contributed by atoms with E-state index in [1.807, 2.05) is 4.90 Å². The van der Waals surface area contributed by atoms with Crippen molar-refractivity contribution >= 4 is 11.8 Å². The molecule has 0 aromatic heterocycles. The number of nitrogens with zero attached hydrogens (tertiary/aromatic N) is 1. The van der Waals surface area contributed by atoms with Gasteiger partial charge in [-0.05, 0) is 25.3 Å². The molecule has 0 aliphatic carbocycles. The highest BCUT2D eigenvalue weighted by Gasteiger charge is 2.15. The summed E-state index contributed by atoms with van der Waals surface area (Å²) in [5, 5.41) is 12.5. The monoisotopic (exact) mass is 304 g/mol. The minimum Gasteiger partial charge on any atom is -0.508 e. The van der Waals surface area contributed by atoms with Crippen LogP contribution in [0.2, 0.25) is 0 Å². The Morgan fingerprint density at radius 2 is 2.05 bits per heavy atom. The summed E-state index contributed by atoms with van der Waals surface area (Å²) >= 11 is 0. The zero-order valence-corrected chi connectivity index (χ0v) is 12.9. The van der Waals surface area contributed by atoms with E-state index in [1.165, 1.54) is 0 Å². The summed E-state index contributed by atoms with van der Waals surface area (Å²) in [4.78, 5) is 25.6. The normalized spacial score (nSPS) is 15.5. The molecule has 0 spiro atoms. The molecular formula is C17H24N2O3. The lowest BCUT2D eigenvalue weighted by Crippen LogP contribution is -2.34. The summed E-state index contributed by atoms with van der Waals surface area (Å²) in [6.45, 7) is 2.09. The number of hydrogen-bond acceptors (Lipinski definition) is 3. The Kier molecular flexibility index (Phi) is 6.25. The van der Waals surface area contributed by atoms with Gasteiger partial charge in [0.1, 0.15) is 5.75 Å². The largest absolute Gasteiger partial charge is 0.508 e. The van der Waals surface area contributed by atoms with Gasteiger partial charge in [0, 0.05) is 31.6 Å². The van der Waals surface area contributed by atoms with Gasteiger partial charge in [-0.25, -0.2) is 0 Å². The second kappa shape index (κ2) is 8.41. The number of para-hydroxylation sites is 1. The molecular weight excluding hydrogens is 280 g/mol. The SMILES string of the molecule is O=C(Cc1ccccc1O)NCCCN1CCCCCC1=O. The molecule has 2 rings (SSSR count). The lowest BCUT2D eigenvalue weighted by atomic mass is 10.1. The standard InChI is InChI=1S/C17H24N2O3/c20-15-8-4-3-7-14(15)13-16(21)18-10-6-12-19-11-5-1-2-9-17(19)22/h3-4,7-8,20H,1-2,5-6,9-13H2,(H,18,21). The molecule has 1 fully saturated rings. The maximum Gasteiger partial charge on any atom is 0.224 e. The van der Waals surface area contributed by atoms with Gasteiger partial charge in [-0.15, -0.1) is 0 Å². The zero-order valence-electron chi connectivity index (χ0n) is 12.9. The number of benzene rings is 1. The highest BCUT2D eigenvalue weighted by atomic mass is 16.3. The van der Waals surface area contributed by atoms with Crippen molar-refractivity contribution in [3.05, 3.63) is 29.8 Å². The minimum absolute atomic E-state index is 0.108. The number of phenols is 1. The average molecular weight is 304 g/mol. The van der Waals surface area contributed by atoms with E-state index in [-0.39, 0.29) is 24.0 Å². The maximum atomic E-state index is 11.8. The minimum atomic E-state index is -0.108. The third-order valence-electron chi connectivity index (χ3n) is 3.94. The van der Waals surface area contributed by atoms with Crippen molar-refractivity contribution in [2.45, 2.75) is 38.5 Å². The molecule has 1 heterocycles. The van der Waals surface area contributed by atoms with Gasteiger partial charge >= 0.3 is 0 Å². The van der Waals surface area contributed by atoms with Gasteiger partial charge in [-0.2, -0.15) is 0 Å². The third kappa shape index (κ3) is 5.06. The molecule has 1 aliphatic rings. The molecule has 0 atom stereocenters. The second-order valence-corrected chi connectivity index (χ2v) is 5.70. The summed E-state index contributed by atoms with van der Waals surface area (Å²) < 4.78 is 0. The fraction of sp³-hybridized carbons (Fsp3) is 0.529. The van der Waals surface area contributed by atoms with Crippen LogP contribution in [0.3, 0.4) is 0 Å². The topological polar surface area (TPSA) is 69.6 Å². The van der Waals surface area contributed by atoms with Crippen molar-refractivity contribution < 1.29 is 14.7 Å². The van der Waals surface area contributed by atoms with Gasteiger partial charge in [0.15, 0.2) is 0 Å². The summed E-state index contributed by atoms with van der Waals surface area (Å²) in [5.74, 6) is 0.273. The average Bonchev–Trinajstić information content (AvgIpc) is 2.71. The second-order valence-electron chi connectivity index (χ2n) is 5.70. The van der Waals surface area contributed by atoms with Crippen molar-refractivity contribution in [2.24, 2.45) is 0 Å². The van der Waals surface area contributed by atoms with Crippen LogP contribution in [0.5, 0.6) is 5.75 Å². The lowest BCUT2D eigenvalue weighted by molar-refractivity contribution is -0.130. The van der Waals surface area contributed by atoms with Gasteiger partial charge in [0.25, 0.3) is 0 Å². The van der Waals surface area contributed by atoms with Gasteiger partial charge in [0.2, 0.25) is 11.8 Å². The number of hydrogen-bond donors (Lipinski definition) is 2. The summed E-state index contributed by atoms with van der Waals surface area (Å²) in [6, 6.07) is 6.85. The van der Waals surface area contributed by atoms with Crippen LogP contribution >= 0.6 is 0 Å². The van der Waals surface area contributed by atoms with E-state index in [2.05, 4.69) is 5.32 Å². The van der Waals surface area contributed by atoms with Crippen LogP contribution in [0.25, 0.3) is 0 Å². The lowest BCUT2D eigenvalue weighted by Gasteiger charge is -2.20. The molecule has 22 heavy (non-hydrogen) atoms. The quantitative estimate of drug-likeness (QED) is 0.788. The van der Waals surface area contributed by atoms with Crippen LogP contribution in [-0.2, 0) is 16.0 Å². The first-order chi connectivity index (χ1) is 10.7. The zero-order chi connectivity index (χ0) is 15.8. The molecule has 5 heteroatoms. The predicted molar refractivity (Wildman–Crippen MR) is 84.5 cm³/mol. The number of nitrogens with one attached hydrogen (secondary N) is 1. The van der Waals surface area contributed by atoms with Gasteiger partial charge in [-0.1, -0.05) is 24.6 Å². The van der Waals surface area contributed by atoms with Crippen molar-refractivity contribution in [3.63, 3.8) is 0 Å². The molecule has 1 aromatic carbocycles. The first-order valence-corrected chi connectivity index (χ1v) is 7.98. The molecule has 1 aromatic rings. The molecule has 0 unspecified atom stereocenters. The Bertz CT molecular complexity index is 516. The van der Waals surface area contributed by atoms with Crippen LogP contribution in [0.4, 0.5) is 0 Å². The van der Waals surface area contributed by atoms with Crippen molar-refractivity contribution in [1.82, 2.24) is 10.2 Å². The molecule has 120 valence electrons. The fourth-order valence-electron chi connectivity index (χ4n) is 2.67. The summed E-state index contributed by atoms with van der Waals surface area (Å²) in [6.07, 6.45) is 4.78. The highest BCUT2D eigenvalue weighted by molar-refractivity contribution is 5.79. The summed E-state index contributed by atoms with van der Waals surface area (Å²) in [5.41, 5.74) is 0.627. The number of aromatic hydroxyl groups is 1. The van der Waals surface area contributed by atoms with E-state index < -0.39 is 0 Å². The number of carbonyl (C=O) groups excluding carboxylic acids is 2. The van der Waals surface area contributed by atoms with Crippen LogP contribution in [0.1, 0.15) is 37.7 Å². The van der Waals surface area contributed by atoms with Crippen molar-refractivity contribution in [3.8, 4) is 5.75 Å². The van der Waals surface area contributed by atoms with Crippen molar-refractivity contribution in [1.29, 1.82) is 0 Å². The number of likely N-dealkylation sites (tertiary alicyclic amines) is 1. The number of phenolic OH excluding ortho intramolecular Hbond substituents is 1. The van der Waals surface area contributed by atoms with E-state index >= 15 is 0 Å². The predicted octanol–water partition coefficient (Wildman–Crippen LogP) is 1.84. The van der Waals surface area contributed by atoms with Gasteiger partial charge < -0.3 is 15.3 Å². The molecule has 1 aliphatic heterocycles. The molecule has 0 radical (unpaired) electrons. The highest BCUT2D eigenvalue weighted by Crippen LogP contribution is 2.15. The Hall–Kier alpha value is -2.04. The molecule has 1 saturated heterocycles. The number of rotatable bonds is 6. The van der Waals surface area contributed by atoms with Gasteiger partial charge in [-0.3, -0.25) is 9.59 Å². The number of amides is 2. The Morgan fingerprint density at radius 3 is 2.86 bits per heavy atom. The Labute approximate surface area is 131 Å². The Balaban J connectivity index is 1.67. The first-order valence-electron chi connectivity index (χ1n) is 7.98. The van der Waals surface area contributed by atoms with Crippen LogP contribution in [0.15, 0.2) is 24.3 Å². The van der Waals surface area contributed by atoms with E-state index in [4.69, 9.17) is 0 Å². The fourth-order valence-corrected chi connectivity index (χ4v) is 2.67. The van der Waals surface area contributed by atoms with E-state index in [9.17, 15) is 14.7 Å². The molecule has 0 bridgehead atoms. The van der Waals surface area contributed by atoms with Crippen LogP contribution in [0, 0.1) is 0 Å². The number of carbonyl (C=O) groups is 2. The van der Waals surface area contributed by atoms with E-state index in [0.717, 1.165) is 32.2 Å². The Morgan fingerprint density at radius 1 is 1.23 bits per heavy atom. The van der Waals surface area contributed by atoms with Crippen LogP contribution < -0.4 is 5.32 Å². The van der Waals surface area contributed by atoms with Crippen molar-refractivity contribution in [2.75, 3.05) is 19.6 Å². The molecule has 5 nitrogen and oxygen atoms in total. The van der Waals surface area contributed by atoms with E-state index in [1.54, 1.807) is 24.3 Å². The maximum absolute atomic E-state index is 11.8. The van der Waals surface area contributed by atoms with Gasteiger partial charge in [0.05, 0.1) is 6.42 Å². The summed E-state index contributed by atoms with van der Waals surface area (Å²) in [7, 11) is 0. The molecule has 2 amide bonds. The molecule has 0 saturated carbocycles. The van der Waals surface area contributed by atoms with E-state index in [0.29, 0.717) is 25.1 Å². The molecule has 2 N–H and O–H groups in total. The first kappa shape index (κ1) is 16.3. The third-order valence-corrected chi connectivity index (χ3v) is 3.94.